The first-order valence-electron chi connectivity index (χ1n) is 11.2. The monoisotopic (exact) mass is 504 g/mol. The molecule has 36 heavy (non-hydrogen) atoms. The molecular formula is C26H25ClN6O3. The third kappa shape index (κ3) is 4.81. The standard InChI is InChI=1S/C26H25ClN6O3/c1-14-19(11-28)16(8-9-21(14)27)23-20(12-30-33(23)5)15-6-7-17-18(10-15)22(31-32-24(17)34)13-29-25(35)36-26(2,3)4/h6-10,12H,13H2,1-5H3,(H,29,35)(H,32,34). The van der Waals surface area contributed by atoms with Gasteiger partial charge in [-0.25, -0.2) is 9.89 Å². The highest BCUT2D eigenvalue weighted by Crippen LogP contribution is 2.37. The van der Waals surface area contributed by atoms with E-state index in [1.165, 1.54) is 0 Å². The Morgan fingerprint density at radius 2 is 1.97 bits per heavy atom. The van der Waals surface area contributed by atoms with Crippen LogP contribution in [0.1, 0.15) is 37.6 Å². The van der Waals surface area contributed by atoms with Gasteiger partial charge in [-0.15, -0.1) is 0 Å². The van der Waals surface area contributed by atoms with Crippen molar-refractivity contribution in [3.8, 4) is 28.5 Å². The number of nitrogens with one attached hydrogen (secondary N) is 2. The lowest BCUT2D eigenvalue weighted by Crippen LogP contribution is -2.32. The fraction of sp³-hybridized carbons (Fsp3) is 0.269. The van der Waals surface area contributed by atoms with E-state index in [0.717, 1.165) is 16.8 Å². The van der Waals surface area contributed by atoms with Crippen molar-refractivity contribution in [2.24, 2.45) is 7.05 Å². The van der Waals surface area contributed by atoms with E-state index < -0.39 is 11.7 Å². The molecule has 2 heterocycles. The first-order chi connectivity index (χ1) is 17.0. The van der Waals surface area contributed by atoms with Crippen LogP contribution in [0.25, 0.3) is 33.2 Å². The number of hydrogen-bond donors (Lipinski definition) is 2. The van der Waals surface area contributed by atoms with Gasteiger partial charge in [-0.05, 0) is 63.1 Å². The van der Waals surface area contributed by atoms with Gasteiger partial charge in [0.25, 0.3) is 5.56 Å². The lowest BCUT2D eigenvalue weighted by molar-refractivity contribution is 0.0523. The molecule has 1 amide bonds. The Kier molecular flexibility index (Phi) is 6.57. The largest absolute Gasteiger partial charge is 0.444 e. The van der Waals surface area contributed by atoms with Crippen LogP contribution in [0.15, 0.2) is 41.3 Å². The predicted octanol–water partition coefficient (Wildman–Crippen LogP) is 4.85. The quantitative estimate of drug-likeness (QED) is 0.409. The third-order valence-electron chi connectivity index (χ3n) is 5.68. The molecule has 2 aromatic carbocycles. The summed E-state index contributed by atoms with van der Waals surface area (Å²) >= 11 is 6.26. The summed E-state index contributed by atoms with van der Waals surface area (Å²) in [6.07, 6.45) is 1.12. The average Bonchev–Trinajstić information content (AvgIpc) is 3.20. The summed E-state index contributed by atoms with van der Waals surface area (Å²) in [5.41, 5.74) is 3.62. The second-order valence-corrected chi connectivity index (χ2v) is 9.76. The van der Waals surface area contributed by atoms with E-state index in [4.69, 9.17) is 16.3 Å². The summed E-state index contributed by atoms with van der Waals surface area (Å²) < 4.78 is 7.00. The van der Waals surface area contributed by atoms with Gasteiger partial charge in [0.1, 0.15) is 11.7 Å². The van der Waals surface area contributed by atoms with Crippen LogP contribution in [-0.4, -0.2) is 31.7 Å². The molecule has 9 nitrogen and oxygen atoms in total. The number of aromatic amines is 1. The number of fused-ring (bicyclic) bond motifs is 1. The third-order valence-corrected chi connectivity index (χ3v) is 6.09. The maximum atomic E-state index is 12.5. The number of benzene rings is 2. The number of nitrogens with zero attached hydrogens (tertiary/aromatic N) is 4. The number of amides is 1. The number of ether oxygens (including phenoxy) is 1. The van der Waals surface area contributed by atoms with E-state index >= 15 is 0 Å². The fourth-order valence-corrected chi connectivity index (χ4v) is 4.15. The van der Waals surface area contributed by atoms with E-state index in [0.29, 0.717) is 38.2 Å². The van der Waals surface area contributed by atoms with Gasteiger partial charge in [-0.2, -0.15) is 15.5 Å². The minimum atomic E-state index is -0.642. The lowest BCUT2D eigenvalue weighted by atomic mass is 9.94. The Balaban J connectivity index is 1.81. The molecule has 0 saturated carbocycles. The van der Waals surface area contributed by atoms with Gasteiger partial charge < -0.3 is 10.1 Å². The SMILES string of the molecule is Cc1c(Cl)ccc(-c2c(-c3ccc4c(=O)[nH]nc(CNC(=O)OC(C)(C)C)c4c3)cnn2C)c1C#N. The van der Waals surface area contributed by atoms with Crippen LogP contribution >= 0.6 is 11.6 Å². The van der Waals surface area contributed by atoms with Gasteiger partial charge in [-0.1, -0.05) is 17.7 Å². The highest BCUT2D eigenvalue weighted by molar-refractivity contribution is 6.31. The number of rotatable bonds is 4. The first kappa shape index (κ1) is 24.9. The zero-order chi connectivity index (χ0) is 26.2. The molecule has 10 heteroatoms. The number of carbonyl (C=O) groups is 1. The number of aryl methyl sites for hydroxylation is 1. The minimum Gasteiger partial charge on any atom is -0.444 e. The molecule has 0 aliphatic rings. The highest BCUT2D eigenvalue weighted by Gasteiger charge is 2.20. The summed E-state index contributed by atoms with van der Waals surface area (Å²) in [6.45, 7) is 7.19. The van der Waals surface area contributed by atoms with Crippen LogP contribution in [0.5, 0.6) is 0 Å². The zero-order valence-corrected chi connectivity index (χ0v) is 21.3. The number of hydrogen-bond acceptors (Lipinski definition) is 6. The van der Waals surface area contributed by atoms with Crippen LogP contribution in [-0.2, 0) is 18.3 Å². The Morgan fingerprint density at radius 3 is 2.67 bits per heavy atom. The predicted molar refractivity (Wildman–Crippen MR) is 138 cm³/mol. The number of halogens is 1. The number of alkyl carbamates (subject to hydrolysis) is 1. The van der Waals surface area contributed by atoms with Crippen LogP contribution in [0.3, 0.4) is 0 Å². The molecule has 2 N–H and O–H groups in total. The Hall–Kier alpha value is -4.16. The Bertz CT molecular complexity index is 1590. The molecule has 184 valence electrons. The lowest BCUT2D eigenvalue weighted by Gasteiger charge is -2.19. The summed E-state index contributed by atoms with van der Waals surface area (Å²) in [7, 11) is 1.80. The van der Waals surface area contributed by atoms with E-state index in [2.05, 4.69) is 26.7 Å². The number of aromatic nitrogens is 4. The number of carbonyl (C=O) groups excluding carboxylic acids is 1. The topological polar surface area (TPSA) is 126 Å². The van der Waals surface area contributed by atoms with Gasteiger partial charge in [-0.3, -0.25) is 9.48 Å². The van der Waals surface area contributed by atoms with Crippen molar-refractivity contribution in [2.75, 3.05) is 0 Å². The second kappa shape index (κ2) is 9.47. The summed E-state index contributed by atoms with van der Waals surface area (Å²) in [4.78, 5) is 24.6. The Labute approximate surface area is 212 Å². The van der Waals surface area contributed by atoms with E-state index in [1.54, 1.807) is 63.8 Å². The van der Waals surface area contributed by atoms with Crippen molar-refractivity contribution < 1.29 is 9.53 Å². The van der Waals surface area contributed by atoms with E-state index in [-0.39, 0.29) is 12.1 Å². The highest BCUT2D eigenvalue weighted by atomic mass is 35.5. The second-order valence-electron chi connectivity index (χ2n) is 9.35. The van der Waals surface area contributed by atoms with Crippen LogP contribution in [0.4, 0.5) is 4.79 Å². The van der Waals surface area contributed by atoms with Crippen LogP contribution in [0.2, 0.25) is 5.02 Å². The normalized spacial score (nSPS) is 11.4. The molecule has 0 saturated heterocycles. The molecule has 0 spiro atoms. The molecule has 0 aliphatic heterocycles. The van der Waals surface area contributed by atoms with Crippen molar-refractivity contribution in [3.05, 3.63) is 68.7 Å². The van der Waals surface area contributed by atoms with Gasteiger partial charge in [0.2, 0.25) is 0 Å². The molecule has 2 aromatic heterocycles. The number of nitriles is 1. The van der Waals surface area contributed by atoms with Crippen molar-refractivity contribution in [1.29, 1.82) is 5.26 Å². The first-order valence-corrected chi connectivity index (χ1v) is 11.6. The molecule has 0 bridgehead atoms. The van der Waals surface area contributed by atoms with E-state index in [9.17, 15) is 14.9 Å². The molecule has 0 aliphatic carbocycles. The van der Waals surface area contributed by atoms with Crippen LogP contribution in [0, 0.1) is 18.3 Å². The van der Waals surface area contributed by atoms with Crippen molar-refractivity contribution in [2.45, 2.75) is 39.8 Å². The van der Waals surface area contributed by atoms with Crippen molar-refractivity contribution in [3.63, 3.8) is 0 Å². The zero-order valence-electron chi connectivity index (χ0n) is 20.6. The summed E-state index contributed by atoms with van der Waals surface area (Å²) in [5, 5.41) is 25.1. The average molecular weight is 505 g/mol. The maximum absolute atomic E-state index is 12.5. The minimum absolute atomic E-state index is 0.0561. The van der Waals surface area contributed by atoms with E-state index in [1.807, 2.05) is 12.1 Å². The number of H-pyrrole nitrogens is 1. The van der Waals surface area contributed by atoms with Gasteiger partial charge in [0.05, 0.1) is 35.1 Å². The smallest absolute Gasteiger partial charge is 0.407 e. The Morgan fingerprint density at radius 1 is 1.22 bits per heavy atom. The molecule has 0 fully saturated rings. The van der Waals surface area contributed by atoms with Crippen LogP contribution < -0.4 is 10.9 Å². The van der Waals surface area contributed by atoms with Crippen molar-refractivity contribution in [1.82, 2.24) is 25.3 Å². The molecular weight excluding hydrogens is 480 g/mol. The van der Waals surface area contributed by atoms with Gasteiger partial charge in [0.15, 0.2) is 0 Å². The molecule has 4 aromatic rings. The molecule has 0 unspecified atom stereocenters. The maximum Gasteiger partial charge on any atom is 0.407 e. The fourth-order valence-electron chi connectivity index (χ4n) is 3.99. The molecule has 0 atom stereocenters. The van der Waals surface area contributed by atoms with Crippen molar-refractivity contribution >= 4 is 28.5 Å². The summed E-state index contributed by atoms with van der Waals surface area (Å²) in [6, 6.07) is 11.2. The summed E-state index contributed by atoms with van der Waals surface area (Å²) in [5.74, 6) is 0. The van der Waals surface area contributed by atoms with Gasteiger partial charge >= 0.3 is 6.09 Å². The molecule has 0 radical (unpaired) electrons. The molecule has 4 rings (SSSR count). The van der Waals surface area contributed by atoms with Gasteiger partial charge in [0, 0.05) is 28.6 Å².